The van der Waals surface area contributed by atoms with E-state index in [-0.39, 0.29) is 17.4 Å². The summed E-state index contributed by atoms with van der Waals surface area (Å²) >= 11 is 0. The lowest BCUT2D eigenvalue weighted by molar-refractivity contribution is -0.109. The largest absolute Gasteiger partial charge is 0.355 e. The molecule has 17 heavy (non-hydrogen) atoms. The molecule has 0 spiro atoms. The maximum atomic E-state index is 11.1. The molecule has 0 bridgehead atoms. The van der Waals surface area contributed by atoms with E-state index in [1.165, 1.54) is 12.1 Å². The summed E-state index contributed by atoms with van der Waals surface area (Å²) in [4.78, 5) is 27.6. The molecule has 0 aliphatic rings. The fourth-order valence-electron chi connectivity index (χ4n) is 1.21. The van der Waals surface area contributed by atoms with Gasteiger partial charge in [-0.2, -0.15) is 8.42 Å². The van der Waals surface area contributed by atoms with Crippen LogP contribution < -0.4 is 10.6 Å². The Labute approximate surface area is 98.8 Å². The Morgan fingerprint density at radius 2 is 2.00 bits per heavy atom. The van der Waals surface area contributed by atoms with Crippen LogP contribution in [0.3, 0.4) is 0 Å². The quantitative estimate of drug-likeness (QED) is 0.314. The van der Waals surface area contributed by atoms with Crippen LogP contribution in [0.4, 0.5) is 0 Å². The molecular formula is C8H10NO6PS. The van der Waals surface area contributed by atoms with Gasteiger partial charge in [0.2, 0.25) is 6.41 Å². The summed E-state index contributed by atoms with van der Waals surface area (Å²) in [5.41, 5.74) is 0.153. The maximum absolute atomic E-state index is 11.1. The molecule has 0 aromatic heterocycles. The predicted octanol–water partition coefficient (Wildman–Crippen LogP) is -0.899. The number of hydrogen-bond acceptors (Lipinski definition) is 5. The number of carbonyl (C=O) groups excluding carboxylic acids is 1. The van der Waals surface area contributed by atoms with Crippen molar-refractivity contribution in [2.75, 3.05) is 0 Å². The van der Waals surface area contributed by atoms with Gasteiger partial charge in [-0.05, 0) is 17.7 Å². The minimum atomic E-state index is -4.49. The van der Waals surface area contributed by atoms with Crippen LogP contribution in [0.5, 0.6) is 0 Å². The fourth-order valence-corrected chi connectivity index (χ4v) is 2.49. The van der Waals surface area contributed by atoms with Crippen LogP contribution in [0.2, 0.25) is 0 Å². The Morgan fingerprint density at radius 1 is 1.35 bits per heavy atom. The molecule has 0 fully saturated rings. The van der Waals surface area contributed by atoms with E-state index in [0.29, 0.717) is 6.41 Å². The molecule has 0 saturated carbocycles. The van der Waals surface area contributed by atoms with Crippen LogP contribution in [0.25, 0.3) is 0 Å². The van der Waals surface area contributed by atoms with Gasteiger partial charge in [-0.25, -0.2) is 0 Å². The summed E-state index contributed by atoms with van der Waals surface area (Å²) in [6.07, 6.45) is 0.382. The summed E-state index contributed by atoms with van der Waals surface area (Å²) in [5.74, 6) is 0. The van der Waals surface area contributed by atoms with E-state index in [2.05, 4.69) is 5.32 Å². The topological polar surface area (TPSA) is 124 Å². The minimum absolute atomic E-state index is 0.0116. The average Bonchev–Trinajstić information content (AvgIpc) is 2.24. The molecule has 0 unspecified atom stereocenters. The predicted molar refractivity (Wildman–Crippen MR) is 60.2 cm³/mol. The Morgan fingerprint density at radius 3 is 2.47 bits per heavy atom. The van der Waals surface area contributed by atoms with E-state index >= 15 is 0 Å². The van der Waals surface area contributed by atoms with Gasteiger partial charge in [-0.1, -0.05) is 6.07 Å². The molecule has 0 radical (unpaired) electrons. The van der Waals surface area contributed by atoms with Crippen molar-refractivity contribution in [3.05, 3.63) is 23.8 Å². The van der Waals surface area contributed by atoms with Crippen molar-refractivity contribution in [2.24, 2.45) is 0 Å². The molecule has 94 valence electrons. The third-order valence-corrected chi connectivity index (χ3v) is 3.61. The van der Waals surface area contributed by atoms with E-state index in [0.717, 1.165) is 6.07 Å². The number of hydrogen-bond donors (Lipinski definition) is 4. The molecule has 9 heteroatoms. The first-order chi connectivity index (χ1) is 7.86. The van der Waals surface area contributed by atoms with Crippen LogP contribution in [0.15, 0.2) is 23.1 Å². The van der Waals surface area contributed by atoms with E-state index in [4.69, 9.17) is 14.3 Å². The van der Waals surface area contributed by atoms with Gasteiger partial charge in [-0.3, -0.25) is 9.35 Å². The summed E-state index contributed by atoms with van der Waals surface area (Å²) in [6.45, 7) is -0.0896. The van der Waals surface area contributed by atoms with Gasteiger partial charge in [0.25, 0.3) is 10.1 Å². The molecule has 1 aromatic carbocycles. The smallest absolute Gasteiger partial charge is 0.294 e. The minimum Gasteiger partial charge on any atom is -0.355 e. The van der Waals surface area contributed by atoms with E-state index < -0.39 is 23.4 Å². The molecule has 0 saturated heterocycles. The summed E-state index contributed by atoms with van der Waals surface area (Å²) in [6, 6.07) is 3.56. The van der Waals surface area contributed by atoms with E-state index in [9.17, 15) is 13.2 Å². The van der Waals surface area contributed by atoms with Gasteiger partial charge in [-0.15, -0.1) is 0 Å². The van der Waals surface area contributed by atoms with Gasteiger partial charge < -0.3 is 15.1 Å². The summed E-state index contributed by atoms with van der Waals surface area (Å²) in [5, 5.41) is 2.24. The molecule has 1 rings (SSSR count). The zero-order valence-corrected chi connectivity index (χ0v) is 10.1. The molecular weight excluding hydrogens is 269 g/mol. The standard InChI is InChI=1S/C8H10NO6PS/c10-5-9-4-6-1-2-7(16(11)12)3-8(6)17(13,14)15/h1-3,5,11-12H,4H2,(H,9,10)(H,13,14,15). The van der Waals surface area contributed by atoms with Gasteiger partial charge >= 0.3 is 0 Å². The van der Waals surface area contributed by atoms with Crippen molar-refractivity contribution in [1.82, 2.24) is 5.32 Å². The highest BCUT2D eigenvalue weighted by atomic mass is 32.2. The third kappa shape index (κ3) is 3.72. The first-order valence-corrected chi connectivity index (χ1v) is 7.00. The number of rotatable bonds is 5. The molecule has 0 aliphatic carbocycles. The van der Waals surface area contributed by atoms with Crippen LogP contribution >= 0.6 is 8.38 Å². The molecule has 1 amide bonds. The van der Waals surface area contributed by atoms with Crippen molar-refractivity contribution in [2.45, 2.75) is 11.4 Å². The average molecular weight is 279 g/mol. The summed E-state index contributed by atoms with van der Waals surface area (Å²) < 4.78 is 31.1. The third-order valence-electron chi connectivity index (χ3n) is 1.94. The van der Waals surface area contributed by atoms with Crippen molar-refractivity contribution < 1.29 is 27.6 Å². The number of nitrogens with one attached hydrogen (secondary N) is 1. The second-order valence-electron chi connectivity index (χ2n) is 3.06. The van der Waals surface area contributed by atoms with E-state index in [1.54, 1.807) is 0 Å². The molecule has 4 N–H and O–H groups in total. The second-order valence-corrected chi connectivity index (χ2v) is 5.54. The van der Waals surface area contributed by atoms with Crippen molar-refractivity contribution >= 4 is 30.2 Å². The number of carbonyl (C=O) groups is 1. The second kappa shape index (κ2) is 5.52. The normalized spacial score (nSPS) is 11.5. The molecule has 0 aliphatic heterocycles. The number of benzene rings is 1. The fraction of sp³-hybridized carbons (Fsp3) is 0.125. The number of amides is 1. The van der Waals surface area contributed by atoms with Crippen molar-refractivity contribution in [3.8, 4) is 0 Å². The lowest BCUT2D eigenvalue weighted by atomic mass is 10.2. The molecule has 0 heterocycles. The van der Waals surface area contributed by atoms with Crippen LogP contribution in [-0.4, -0.2) is 29.2 Å². The highest BCUT2D eigenvalue weighted by Crippen LogP contribution is 2.25. The highest BCUT2D eigenvalue weighted by molar-refractivity contribution is 7.86. The Bertz CT molecular complexity index is 515. The van der Waals surface area contributed by atoms with Crippen LogP contribution in [-0.2, 0) is 21.5 Å². The van der Waals surface area contributed by atoms with Gasteiger partial charge in [0.1, 0.15) is 0 Å². The Hall–Kier alpha value is -1.05. The Kier molecular flexibility index (Phi) is 4.55. The van der Waals surface area contributed by atoms with Crippen LogP contribution in [0, 0.1) is 0 Å². The first kappa shape index (κ1) is 14.0. The zero-order valence-electron chi connectivity index (χ0n) is 8.44. The highest BCUT2D eigenvalue weighted by Gasteiger charge is 2.18. The van der Waals surface area contributed by atoms with Crippen molar-refractivity contribution in [1.29, 1.82) is 0 Å². The SMILES string of the molecule is O=CNCc1ccc(P(O)O)cc1S(=O)(=O)O. The van der Waals surface area contributed by atoms with Gasteiger partial charge in [0, 0.05) is 11.8 Å². The van der Waals surface area contributed by atoms with E-state index in [1.807, 2.05) is 0 Å². The summed E-state index contributed by atoms with van der Waals surface area (Å²) in [7, 11) is -6.94. The van der Waals surface area contributed by atoms with Crippen molar-refractivity contribution in [3.63, 3.8) is 0 Å². The lowest BCUT2D eigenvalue weighted by Gasteiger charge is -2.09. The van der Waals surface area contributed by atoms with Gasteiger partial charge in [0.05, 0.1) is 4.90 Å². The van der Waals surface area contributed by atoms with Crippen LogP contribution in [0.1, 0.15) is 5.56 Å². The maximum Gasteiger partial charge on any atom is 0.294 e. The molecule has 7 nitrogen and oxygen atoms in total. The molecule has 1 aromatic rings. The lowest BCUT2D eigenvalue weighted by Crippen LogP contribution is -2.15. The first-order valence-electron chi connectivity index (χ1n) is 4.31. The monoisotopic (exact) mass is 279 g/mol. The Balaban J connectivity index is 3.27. The molecule has 0 atom stereocenters. The zero-order chi connectivity index (χ0) is 13.1. The van der Waals surface area contributed by atoms with Gasteiger partial charge in [0.15, 0.2) is 8.38 Å².